The molecular weight excluding hydrogens is 421 g/mol. The smallest absolute Gasteiger partial charge is 0.433 e. The summed E-state index contributed by atoms with van der Waals surface area (Å²) in [6, 6.07) is 4.36. The molecule has 1 aromatic heterocycles. The van der Waals surface area contributed by atoms with Gasteiger partial charge in [0.25, 0.3) is 0 Å². The van der Waals surface area contributed by atoms with Gasteiger partial charge in [-0.2, -0.15) is 13.2 Å². The predicted molar refractivity (Wildman–Crippen MR) is 75.8 cm³/mol. The number of methoxy groups -OCH3 is 1. The zero-order valence-electron chi connectivity index (χ0n) is 10.4. The van der Waals surface area contributed by atoms with Gasteiger partial charge in [0.1, 0.15) is 10.4 Å². The molecule has 1 N–H and O–H groups in total. The summed E-state index contributed by atoms with van der Waals surface area (Å²) >= 11 is 5.97. The van der Waals surface area contributed by atoms with Gasteiger partial charge in [0.05, 0.1) is 12.7 Å². The molecule has 0 aliphatic rings. The van der Waals surface area contributed by atoms with E-state index in [0.717, 1.165) is 0 Å². The zero-order valence-corrected chi connectivity index (χ0v) is 13.6. The monoisotopic (exact) mass is 426 g/mol. The largest absolute Gasteiger partial charge is 0.465 e. The van der Waals surface area contributed by atoms with E-state index in [1.165, 1.54) is 25.3 Å². The van der Waals surface area contributed by atoms with Gasteiger partial charge >= 0.3 is 12.1 Å². The molecule has 2 aromatic rings. The number of H-pyrrole nitrogens is 1. The molecule has 112 valence electrons. The summed E-state index contributed by atoms with van der Waals surface area (Å²) in [5.74, 6) is -0.517. The summed E-state index contributed by atoms with van der Waals surface area (Å²) in [6.45, 7) is 0. The first-order valence-electron chi connectivity index (χ1n) is 5.45. The number of imidazole rings is 1. The molecule has 0 aliphatic carbocycles. The van der Waals surface area contributed by atoms with Crippen LogP contribution in [0.15, 0.2) is 27.3 Å². The maximum absolute atomic E-state index is 12.7. The summed E-state index contributed by atoms with van der Waals surface area (Å²) in [7, 11) is 1.24. The van der Waals surface area contributed by atoms with E-state index in [-0.39, 0.29) is 16.0 Å². The van der Waals surface area contributed by atoms with E-state index in [0.29, 0.717) is 10.0 Å². The highest BCUT2D eigenvalue weighted by atomic mass is 79.9. The molecule has 4 nitrogen and oxygen atoms in total. The zero-order chi connectivity index (χ0) is 15.8. The minimum absolute atomic E-state index is 0.0255. The van der Waals surface area contributed by atoms with Gasteiger partial charge in [0, 0.05) is 10.0 Å². The number of rotatable bonds is 2. The van der Waals surface area contributed by atoms with Crippen molar-refractivity contribution in [3.8, 4) is 11.4 Å². The van der Waals surface area contributed by atoms with Crippen LogP contribution < -0.4 is 0 Å². The summed E-state index contributed by atoms with van der Waals surface area (Å²) in [4.78, 5) is 17.4. The average molecular weight is 428 g/mol. The normalized spacial score (nSPS) is 11.5. The Morgan fingerprint density at radius 1 is 1.33 bits per heavy atom. The van der Waals surface area contributed by atoms with E-state index in [9.17, 15) is 18.0 Å². The van der Waals surface area contributed by atoms with Gasteiger partial charge in [-0.3, -0.25) is 0 Å². The maximum Gasteiger partial charge on any atom is 0.433 e. The van der Waals surface area contributed by atoms with Crippen LogP contribution in [-0.4, -0.2) is 23.0 Å². The molecular formula is C12H7Br2F3N2O2. The Bertz CT molecular complexity index is 698. The third-order valence-corrected chi connectivity index (χ3v) is 3.82. The fraction of sp³-hybridized carbons (Fsp3) is 0.167. The average Bonchev–Trinajstić information content (AvgIpc) is 2.79. The second-order valence-electron chi connectivity index (χ2n) is 3.94. The SMILES string of the molecule is COC(=O)c1ccc(-c2nc(Br)c(C(F)(F)F)[nH]2)c(Br)c1. The first kappa shape index (κ1) is 16.0. The summed E-state index contributed by atoms with van der Waals surface area (Å²) in [5, 5.41) is 0. The second-order valence-corrected chi connectivity index (χ2v) is 5.54. The number of carbonyl (C=O) groups excluding carboxylic acids is 1. The molecule has 0 saturated carbocycles. The van der Waals surface area contributed by atoms with Crippen LogP contribution in [0.1, 0.15) is 16.1 Å². The molecule has 0 radical (unpaired) electrons. The minimum Gasteiger partial charge on any atom is -0.465 e. The van der Waals surface area contributed by atoms with Crippen LogP contribution >= 0.6 is 31.9 Å². The van der Waals surface area contributed by atoms with Gasteiger partial charge in [0.15, 0.2) is 5.69 Å². The van der Waals surface area contributed by atoms with E-state index >= 15 is 0 Å². The summed E-state index contributed by atoms with van der Waals surface area (Å²) < 4.78 is 42.8. The van der Waals surface area contributed by atoms with Crippen LogP contribution in [0.5, 0.6) is 0 Å². The van der Waals surface area contributed by atoms with E-state index in [1.807, 2.05) is 0 Å². The number of alkyl halides is 3. The second kappa shape index (κ2) is 5.80. The topological polar surface area (TPSA) is 55.0 Å². The molecule has 0 atom stereocenters. The number of carbonyl (C=O) groups is 1. The number of benzene rings is 1. The van der Waals surface area contributed by atoms with Crippen LogP contribution in [0, 0.1) is 0 Å². The van der Waals surface area contributed by atoms with Crippen molar-refractivity contribution in [3.05, 3.63) is 38.5 Å². The lowest BCUT2D eigenvalue weighted by Gasteiger charge is -2.05. The highest BCUT2D eigenvalue weighted by Gasteiger charge is 2.36. The number of aromatic nitrogens is 2. The Kier molecular flexibility index (Phi) is 4.43. The number of hydrogen-bond donors (Lipinski definition) is 1. The molecule has 0 saturated heterocycles. The van der Waals surface area contributed by atoms with Crippen molar-refractivity contribution >= 4 is 37.8 Å². The van der Waals surface area contributed by atoms with Gasteiger partial charge in [-0.15, -0.1) is 0 Å². The van der Waals surface area contributed by atoms with E-state index in [4.69, 9.17) is 0 Å². The van der Waals surface area contributed by atoms with Gasteiger partial charge in [-0.05, 0) is 34.1 Å². The molecule has 1 aromatic carbocycles. The molecule has 0 amide bonds. The number of halogens is 5. The Labute approximate surface area is 134 Å². The number of aromatic amines is 1. The van der Waals surface area contributed by atoms with Crippen molar-refractivity contribution in [1.82, 2.24) is 9.97 Å². The first-order valence-corrected chi connectivity index (χ1v) is 7.03. The standard InChI is InChI=1S/C12H7Br2F3N2O2/c1-21-11(20)5-2-3-6(7(13)4-5)10-18-8(9(14)19-10)12(15,16)17/h2-4H,1H3,(H,18,19). The maximum atomic E-state index is 12.7. The molecule has 0 bridgehead atoms. The van der Waals surface area contributed by atoms with Crippen molar-refractivity contribution in [2.75, 3.05) is 7.11 Å². The number of nitrogens with zero attached hydrogens (tertiary/aromatic N) is 1. The lowest BCUT2D eigenvalue weighted by molar-refractivity contribution is -0.141. The van der Waals surface area contributed by atoms with Crippen LogP contribution in [0.2, 0.25) is 0 Å². The predicted octanol–water partition coefficient (Wildman–Crippen LogP) is 4.41. The van der Waals surface area contributed by atoms with Crippen molar-refractivity contribution in [3.63, 3.8) is 0 Å². The minimum atomic E-state index is -4.54. The van der Waals surface area contributed by atoms with Gasteiger partial charge < -0.3 is 9.72 Å². The molecule has 0 aliphatic heterocycles. The van der Waals surface area contributed by atoms with Crippen molar-refractivity contribution < 1.29 is 22.7 Å². The van der Waals surface area contributed by atoms with Crippen molar-refractivity contribution in [2.45, 2.75) is 6.18 Å². The fourth-order valence-electron chi connectivity index (χ4n) is 1.62. The first-order chi connectivity index (χ1) is 9.74. The Balaban J connectivity index is 2.46. The Morgan fingerprint density at radius 2 is 2.00 bits per heavy atom. The molecule has 0 spiro atoms. The highest BCUT2D eigenvalue weighted by molar-refractivity contribution is 9.10. The van der Waals surface area contributed by atoms with E-state index in [2.05, 4.69) is 46.6 Å². The van der Waals surface area contributed by atoms with Gasteiger partial charge in [-0.1, -0.05) is 15.9 Å². The number of ether oxygens (including phenoxy) is 1. The number of esters is 1. The Hall–Kier alpha value is -1.35. The van der Waals surface area contributed by atoms with Gasteiger partial charge in [-0.25, -0.2) is 9.78 Å². The van der Waals surface area contributed by atoms with Crippen LogP contribution in [-0.2, 0) is 10.9 Å². The number of hydrogen-bond acceptors (Lipinski definition) is 3. The lowest BCUT2D eigenvalue weighted by Crippen LogP contribution is -2.06. The summed E-state index contributed by atoms with van der Waals surface area (Å²) in [5.41, 5.74) is -0.310. The van der Waals surface area contributed by atoms with E-state index in [1.54, 1.807) is 0 Å². The third-order valence-electron chi connectivity index (χ3n) is 2.59. The molecule has 0 fully saturated rings. The molecule has 9 heteroatoms. The molecule has 1 heterocycles. The molecule has 0 unspecified atom stereocenters. The molecule has 2 rings (SSSR count). The van der Waals surface area contributed by atoms with Crippen LogP contribution in [0.3, 0.4) is 0 Å². The number of nitrogens with one attached hydrogen (secondary N) is 1. The Morgan fingerprint density at radius 3 is 2.48 bits per heavy atom. The summed E-state index contributed by atoms with van der Waals surface area (Å²) in [6.07, 6.45) is -4.54. The van der Waals surface area contributed by atoms with Crippen molar-refractivity contribution in [1.29, 1.82) is 0 Å². The molecule has 21 heavy (non-hydrogen) atoms. The quantitative estimate of drug-likeness (QED) is 0.722. The fourth-order valence-corrected chi connectivity index (χ4v) is 2.69. The third kappa shape index (κ3) is 3.29. The van der Waals surface area contributed by atoms with Crippen molar-refractivity contribution in [2.24, 2.45) is 0 Å². The van der Waals surface area contributed by atoms with Crippen LogP contribution in [0.25, 0.3) is 11.4 Å². The van der Waals surface area contributed by atoms with E-state index < -0.39 is 17.8 Å². The lowest BCUT2D eigenvalue weighted by atomic mass is 10.1. The highest BCUT2D eigenvalue weighted by Crippen LogP contribution is 2.36. The van der Waals surface area contributed by atoms with Gasteiger partial charge in [0.2, 0.25) is 0 Å². The van der Waals surface area contributed by atoms with Crippen LogP contribution in [0.4, 0.5) is 13.2 Å².